The van der Waals surface area contributed by atoms with Crippen LogP contribution in [0.1, 0.15) is 22.6 Å². The van der Waals surface area contributed by atoms with E-state index in [2.05, 4.69) is 28.4 Å². The van der Waals surface area contributed by atoms with Crippen molar-refractivity contribution in [2.75, 3.05) is 12.4 Å². The molecule has 0 saturated carbocycles. The third-order valence-electron chi connectivity index (χ3n) is 4.26. The predicted molar refractivity (Wildman–Crippen MR) is 93.0 cm³/mol. The SMILES string of the molecule is COc1ccc2c(NCc3c(C)nn(C)c3C)cc(C)nc2c1. The summed E-state index contributed by atoms with van der Waals surface area (Å²) >= 11 is 0. The van der Waals surface area contributed by atoms with Gasteiger partial charge in [0.05, 0.1) is 18.3 Å². The zero-order valence-corrected chi connectivity index (χ0v) is 14.3. The van der Waals surface area contributed by atoms with Gasteiger partial charge < -0.3 is 10.1 Å². The third kappa shape index (κ3) is 2.86. The Morgan fingerprint density at radius 2 is 1.96 bits per heavy atom. The van der Waals surface area contributed by atoms with Crippen LogP contribution in [0.4, 0.5) is 5.69 Å². The Morgan fingerprint density at radius 1 is 1.17 bits per heavy atom. The van der Waals surface area contributed by atoms with Crippen molar-refractivity contribution in [1.82, 2.24) is 14.8 Å². The minimum atomic E-state index is 0.746. The molecule has 0 unspecified atom stereocenters. The summed E-state index contributed by atoms with van der Waals surface area (Å²) in [5, 5.41) is 9.11. The Labute approximate surface area is 136 Å². The van der Waals surface area contributed by atoms with Crippen LogP contribution in [0.2, 0.25) is 0 Å². The second-order valence-electron chi connectivity index (χ2n) is 5.82. The van der Waals surface area contributed by atoms with E-state index in [-0.39, 0.29) is 0 Å². The second-order valence-corrected chi connectivity index (χ2v) is 5.82. The second kappa shape index (κ2) is 5.91. The fourth-order valence-corrected chi connectivity index (χ4v) is 2.87. The van der Waals surface area contributed by atoms with E-state index >= 15 is 0 Å². The molecule has 5 nitrogen and oxygen atoms in total. The van der Waals surface area contributed by atoms with Crippen molar-refractivity contribution >= 4 is 16.6 Å². The largest absolute Gasteiger partial charge is 0.497 e. The van der Waals surface area contributed by atoms with Gasteiger partial charge in [0, 0.05) is 47.7 Å². The molecule has 1 N–H and O–H groups in total. The van der Waals surface area contributed by atoms with E-state index in [1.807, 2.05) is 43.8 Å². The molecule has 120 valence electrons. The number of nitrogens with zero attached hydrogens (tertiary/aromatic N) is 3. The molecule has 0 aliphatic heterocycles. The molecule has 0 spiro atoms. The van der Waals surface area contributed by atoms with Gasteiger partial charge in [-0.2, -0.15) is 5.10 Å². The standard InChI is InChI=1S/C18H22N4O/c1-11-8-17(15-7-6-14(23-5)9-18(15)20-11)19-10-16-12(2)21-22(4)13(16)3/h6-9H,10H2,1-5H3,(H,19,20). The number of methoxy groups -OCH3 is 1. The number of anilines is 1. The highest BCUT2D eigenvalue weighted by Crippen LogP contribution is 2.27. The van der Waals surface area contributed by atoms with E-state index in [4.69, 9.17) is 4.74 Å². The summed E-state index contributed by atoms with van der Waals surface area (Å²) < 4.78 is 7.22. The van der Waals surface area contributed by atoms with Gasteiger partial charge in [0.25, 0.3) is 0 Å². The van der Waals surface area contributed by atoms with E-state index in [1.165, 1.54) is 11.3 Å². The molecule has 23 heavy (non-hydrogen) atoms. The maximum Gasteiger partial charge on any atom is 0.121 e. The van der Waals surface area contributed by atoms with Gasteiger partial charge >= 0.3 is 0 Å². The number of nitrogens with one attached hydrogen (secondary N) is 1. The van der Waals surface area contributed by atoms with Crippen molar-refractivity contribution in [3.05, 3.63) is 46.9 Å². The molecule has 0 aliphatic carbocycles. The Kier molecular flexibility index (Phi) is 3.94. The van der Waals surface area contributed by atoms with Crippen LogP contribution in [0, 0.1) is 20.8 Å². The Morgan fingerprint density at radius 3 is 2.61 bits per heavy atom. The zero-order valence-electron chi connectivity index (χ0n) is 14.3. The number of aromatic nitrogens is 3. The lowest BCUT2D eigenvalue weighted by Crippen LogP contribution is -2.04. The highest BCUT2D eigenvalue weighted by molar-refractivity contribution is 5.92. The van der Waals surface area contributed by atoms with E-state index < -0.39 is 0 Å². The van der Waals surface area contributed by atoms with E-state index in [0.29, 0.717) is 0 Å². The van der Waals surface area contributed by atoms with Gasteiger partial charge in [-0.15, -0.1) is 0 Å². The van der Waals surface area contributed by atoms with Gasteiger partial charge in [-0.25, -0.2) is 0 Å². The first-order valence-corrected chi connectivity index (χ1v) is 7.68. The minimum absolute atomic E-state index is 0.746. The maximum atomic E-state index is 5.29. The molecular weight excluding hydrogens is 288 g/mol. The summed E-state index contributed by atoms with van der Waals surface area (Å²) in [5.41, 5.74) is 6.49. The summed E-state index contributed by atoms with van der Waals surface area (Å²) in [4.78, 5) is 4.60. The van der Waals surface area contributed by atoms with Crippen LogP contribution < -0.4 is 10.1 Å². The fraction of sp³-hybridized carbons (Fsp3) is 0.333. The van der Waals surface area contributed by atoms with Crippen molar-refractivity contribution < 1.29 is 4.74 Å². The number of aryl methyl sites for hydroxylation is 3. The number of hydrogen-bond acceptors (Lipinski definition) is 4. The molecule has 0 bridgehead atoms. The lowest BCUT2D eigenvalue weighted by molar-refractivity contribution is 0.415. The first-order chi connectivity index (χ1) is 11.0. The van der Waals surface area contributed by atoms with Crippen molar-refractivity contribution in [3.63, 3.8) is 0 Å². The zero-order chi connectivity index (χ0) is 16.6. The van der Waals surface area contributed by atoms with Gasteiger partial charge in [0.2, 0.25) is 0 Å². The van der Waals surface area contributed by atoms with E-state index in [9.17, 15) is 0 Å². The molecule has 0 radical (unpaired) electrons. The normalized spacial score (nSPS) is 11.0. The van der Waals surface area contributed by atoms with Gasteiger partial charge in [0.15, 0.2) is 0 Å². The molecule has 0 amide bonds. The van der Waals surface area contributed by atoms with Crippen LogP contribution >= 0.6 is 0 Å². The fourth-order valence-electron chi connectivity index (χ4n) is 2.87. The van der Waals surface area contributed by atoms with Crippen molar-refractivity contribution in [1.29, 1.82) is 0 Å². The topological polar surface area (TPSA) is 52.0 Å². The molecule has 0 saturated heterocycles. The number of pyridine rings is 1. The van der Waals surface area contributed by atoms with E-state index in [0.717, 1.165) is 40.3 Å². The van der Waals surface area contributed by atoms with Crippen LogP contribution in [0.3, 0.4) is 0 Å². The lowest BCUT2D eigenvalue weighted by atomic mass is 10.1. The van der Waals surface area contributed by atoms with Gasteiger partial charge in [0.1, 0.15) is 5.75 Å². The number of fused-ring (bicyclic) bond motifs is 1. The molecule has 3 rings (SSSR count). The van der Waals surface area contributed by atoms with Crippen LogP contribution in [-0.4, -0.2) is 21.9 Å². The molecule has 0 aliphatic rings. The number of ether oxygens (including phenoxy) is 1. The Hall–Kier alpha value is -2.56. The smallest absolute Gasteiger partial charge is 0.121 e. The summed E-state index contributed by atoms with van der Waals surface area (Å²) in [5.74, 6) is 0.820. The van der Waals surface area contributed by atoms with Crippen molar-refractivity contribution in [2.24, 2.45) is 7.05 Å². The molecule has 0 atom stereocenters. The van der Waals surface area contributed by atoms with Crippen molar-refractivity contribution in [3.8, 4) is 5.75 Å². The first kappa shape index (κ1) is 15.3. The lowest BCUT2D eigenvalue weighted by Gasteiger charge is -2.12. The summed E-state index contributed by atoms with van der Waals surface area (Å²) in [6.07, 6.45) is 0. The van der Waals surface area contributed by atoms with Crippen LogP contribution in [-0.2, 0) is 13.6 Å². The van der Waals surface area contributed by atoms with Gasteiger partial charge in [-0.3, -0.25) is 9.67 Å². The van der Waals surface area contributed by atoms with Crippen LogP contribution in [0.5, 0.6) is 5.75 Å². The Balaban J connectivity index is 1.96. The number of hydrogen-bond donors (Lipinski definition) is 1. The monoisotopic (exact) mass is 310 g/mol. The highest BCUT2D eigenvalue weighted by atomic mass is 16.5. The summed E-state index contributed by atoms with van der Waals surface area (Å²) in [6, 6.07) is 8.06. The number of benzene rings is 1. The highest BCUT2D eigenvalue weighted by Gasteiger charge is 2.11. The molecule has 2 aromatic heterocycles. The predicted octanol–water partition coefficient (Wildman–Crippen LogP) is 3.51. The summed E-state index contributed by atoms with van der Waals surface area (Å²) in [7, 11) is 3.65. The maximum absolute atomic E-state index is 5.29. The molecule has 3 aromatic rings. The van der Waals surface area contributed by atoms with Crippen LogP contribution in [0.25, 0.3) is 10.9 Å². The molecular formula is C18H22N4O. The molecule has 2 heterocycles. The van der Waals surface area contributed by atoms with Gasteiger partial charge in [-0.1, -0.05) is 0 Å². The molecule has 5 heteroatoms. The molecule has 1 aromatic carbocycles. The third-order valence-corrected chi connectivity index (χ3v) is 4.26. The Bertz CT molecular complexity index is 867. The van der Waals surface area contributed by atoms with E-state index in [1.54, 1.807) is 7.11 Å². The average Bonchev–Trinajstić information content (AvgIpc) is 2.77. The number of rotatable bonds is 4. The average molecular weight is 310 g/mol. The van der Waals surface area contributed by atoms with Crippen molar-refractivity contribution in [2.45, 2.75) is 27.3 Å². The molecule has 0 fully saturated rings. The van der Waals surface area contributed by atoms with Crippen LogP contribution in [0.15, 0.2) is 24.3 Å². The first-order valence-electron chi connectivity index (χ1n) is 7.68. The quantitative estimate of drug-likeness (QED) is 0.801. The summed E-state index contributed by atoms with van der Waals surface area (Å²) in [6.45, 7) is 6.89. The van der Waals surface area contributed by atoms with Gasteiger partial charge in [-0.05, 0) is 39.0 Å². The minimum Gasteiger partial charge on any atom is -0.497 e.